The lowest BCUT2D eigenvalue weighted by Gasteiger charge is -2.35. The van der Waals surface area contributed by atoms with Gasteiger partial charge in [-0.25, -0.2) is 8.42 Å². The maximum Gasteiger partial charge on any atom is 0.175 e. The molecular formula is C21H21NO4S. The van der Waals surface area contributed by atoms with Crippen LogP contribution in [0.2, 0.25) is 0 Å². The van der Waals surface area contributed by atoms with Gasteiger partial charge in [-0.15, -0.1) is 0 Å². The van der Waals surface area contributed by atoms with Crippen molar-refractivity contribution in [3.63, 3.8) is 0 Å². The molecule has 0 atom stereocenters. The van der Waals surface area contributed by atoms with Crippen molar-refractivity contribution in [3.05, 3.63) is 60.2 Å². The maximum absolute atomic E-state index is 12.0. The highest BCUT2D eigenvalue weighted by molar-refractivity contribution is 7.90. The third-order valence-corrected chi connectivity index (χ3v) is 5.64. The molecule has 3 rings (SSSR count). The summed E-state index contributed by atoms with van der Waals surface area (Å²) in [6.45, 7) is 11.0. The van der Waals surface area contributed by atoms with Crippen molar-refractivity contribution >= 4 is 22.3 Å². The van der Waals surface area contributed by atoms with Crippen LogP contribution >= 0.6 is 0 Å². The summed E-state index contributed by atoms with van der Waals surface area (Å²) in [5, 5.41) is 10.7. The number of benzene rings is 2. The second kappa shape index (κ2) is 6.39. The quantitative estimate of drug-likeness (QED) is 0.630. The molecule has 1 heterocycles. The summed E-state index contributed by atoms with van der Waals surface area (Å²) in [6, 6.07) is 8.19. The Hall–Kier alpha value is -2.86. The lowest BCUT2D eigenvalue weighted by atomic mass is 9.85. The summed E-state index contributed by atoms with van der Waals surface area (Å²) in [5.41, 5.74) is 2.36. The van der Waals surface area contributed by atoms with Gasteiger partial charge >= 0.3 is 0 Å². The Labute approximate surface area is 159 Å². The van der Waals surface area contributed by atoms with Crippen molar-refractivity contribution in [2.45, 2.75) is 24.3 Å². The number of sulfone groups is 1. The SMILES string of the molecule is C=C/C=C(\N=C)c1cc(O)c2c(c1)OC(C)(C)c1ccc(S(C)(=O)=O)cc1-2. The van der Waals surface area contributed by atoms with Crippen molar-refractivity contribution in [3.8, 4) is 22.6 Å². The zero-order chi connectivity index (χ0) is 20.0. The number of hydrogen-bond acceptors (Lipinski definition) is 5. The van der Waals surface area contributed by atoms with Gasteiger partial charge in [-0.3, -0.25) is 4.99 Å². The van der Waals surface area contributed by atoms with Gasteiger partial charge in [0.05, 0.1) is 16.2 Å². The number of hydrogen-bond donors (Lipinski definition) is 1. The molecule has 0 amide bonds. The predicted molar refractivity (Wildman–Crippen MR) is 108 cm³/mol. The number of fused-ring (bicyclic) bond motifs is 3. The third-order valence-electron chi connectivity index (χ3n) is 4.53. The van der Waals surface area contributed by atoms with E-state index in [4.69, 9.17) is 4.74 Å². The van der Waals surface area contributed by atoms with Crippen LogP contribution < -0.4 is 4.74 Å². The number of nitrogens with zero attached hydrogens (tertiary/aromatic N) is 1. The Bertz CT molecular complexity index is 1100. The number of allylic oxidation sites excluding steroid dienone is 2. The fraction of sp³-hybridized carbons (Fsp3) is 0.190. The van der Waals surface area contributed by atoms with Crippen LogP contribution in [0.4, 0.5) is 0 Å². The molecule has 2 aromatic carbocycles. The van der Waals surface area contributed by atoms with Crippen molar-refractivity contribution in [1.82, 2.24) is 0 Å². The van der Waals surface area contributed by atoms with E-state index in [2.05, 4.69) is 18.3 Å². The lowest BCUT2D eigenvalue weighted by Crippen LogP contribution is -2.29. The molecule has 1 aliphatic heterocycles. The fourth-order valence-corrected chi connectivity index (χ4v) is 3.91. The van der Waals surface area contributed by atoms with Crippen LogP contribution in [0.15, 0.2) is 59.0 Å². The molecule has 0 saturated heterocycles. The second-order valence-electron chi connectivity index (χ2n) is 6.91. The molecule has 27 heavy (non-hydrogen) atoms. The number of phenols is 1. The molecule has 0 aromatic heterocycles. The van der Waals surface area contributed by atoms with Gasteiger partial charge in [0.2, 0.25) is 0 Å². The van der Waals surface area contributed by atoms with Gasteiger partial charge in [0.25, 0.3) is 0 Å². The van der Waals surface area contributed by atoms with Crippen LogP contribution in [-0.4, -0.2) is 26.5 Å². The molecule has 6 heteroatoms. The van der Waals surface area contributed by atoms with Crippen molar-refractivity contribution < 1.29 is 18.3 Å². The van der Waals surface area contributed by atoms with Crippen molar-refractivity contribution in [1.29, 1.82) is 0 Å². The van der Waals surface area contributed by atoms with Crippen LogP contribution in [0.3, 0.4) is 0 Å². The van der Waals surface area contributed by atoms with Crippen LogP contribution in [0.1, 0.15) is 25.0 Å². The molecule has 1 N–H and O–H groups in total. The van der Waals surface area contributed by atoms with E-state index in [-0.39, 0.29) is 10.6 Å². The van der Waals surface area contributed by atoms with Gasteiger partial charge in [-0.1, -0.05) is 18.7 Å². The van der Waals surface area contributed by atoms with Gasteiger partial charge < -0.3 is 9.84 Å². The Morgan fingerprint density at radius 3 is 2.56 bits per heavy atom. The van der Waals surface area contributed by atoms with E-state index in [0.717, 1.165) is 11.8 Å². The molecule has 1 aliphatic rings. The van der Waals surface area contributed by atoms with Crippen molar-refractivity contribution in [2.75, 3.05) is 6.26 Å². The van der Waals surface area contributed by atoms with E-state index < -0.39 is 15.4 Å². The highest BCUT2D eigenvalue weighted by Crippen LogP contribution is 2.50. The molecule has 0 bridgehead atoms. The number of rotatable bonds is 4. The molecule has 5 nitrogen and oxygen atoms in total. The first-order valence-corrected chi connectivity index (χ1v) is 10.2. The summed E-state index contributed by atoms with van der Waals surface area (Å²) < 4.78 is 30.1. The summed E-state index contributed by atoms with van der Waals surface area (Å²) in [7, 11) is -3.39. The first kappa shape index (κ1) is 18.9. The zero-order valence-electron chi connectivity index (χ0n) is 15.5. The van der Waals surface area contributed by atoms with Crippen LogP contribution in [0, 0.1) is 0 Å². The van der Waals surface area contributed by atoms with Gasteiger partial charge in [-0.05, 0) is 56.5 Å². The van der Waals surface area contributed by atoms with E-state index in [1.165, 1.54) is 0 Å². The van der Waals surface area contributed by atoms with Gasteiger partial charge in [0, 0.05) is 17.4 Å². The first-order chi connectivity index (χ1) is 12.6. The molecule has 0 saturated carbocycles. The molecule has 0 fully saturated rings. The third kappa shape index (κ3) is 3.28. The molecular weight excluding hydrogens is 362 g/mol. The molecule has 2 aromatic rings. The Morgan fingerprint density at radius 1 is 1.26 bits per heavy atom. The van der Waals surface area contributed by atoms with Gasteiger partial charge in [0.1, 0.15) is 17.1 Å². The molecule has 140 valence electrons. The highest BCUT2D eigenvalue weighted by atomic mass is 32.2. The standard InChI is InChI=1S/C21H21NO4S/c1-6-7-17(22-4)13-10-18(23)20-15-12-14(27(5,24)25)8-9-16(15)21(2,3)26-19(20)11-13/h6-12,23H,1,4H2,2-3,5H3/b17-7-. The molecule has 0 unspecified atom stereocenters. The summed E-state index contributed by atoms with van der Waals surface area (Å²) in [6.07, 6.45) is 4.42. The number of ether oxygens (including phenoxy) is 1. The fourth-order valence-electron chi connectivity index (χ4n) is 3.27. The molecule has 0 radical (unpaired) electrons. The number of phenolic OH excluding ortho intramolecular Hbond substituents is 1. The van der Waals surface area contributed by atoms with E-state index >= 15 is 0 Å². The summed E-state index contributed by atoms with van der Waals surface area (Å²) in [4.78, 5) is 4.15. The number of aromatic hydroxyl groups is 1. The minimum atomic E-state index is -3.39. The zero-order valence-corrected chi connectivity index (χ0v) is 16.3. The van der Waals surface area contributed by atoms with E-state index in [0.29, 0.717) is 28.1 Å². The summed E-state index contributed by atoms with van der Waals surface area (Å²) in [5.74, 6) is 0.426. The van der Waals surface area contributed by atoms with Gasteiger partial charge in [-0.2, -0.15) is 0 Å². The Balaban J connectivity index is 2.32. The summed E-state index contributed by atoms with van der Waals surface area (Å²) >= 11 is 0. The Morgan fingerprint density at radius 2 is 1.96 bits per heavy atom. The van der Waals surface area contributed by atoms with Gasteiger partial charge in [0.15, 0.2) is 9.84 Å². The topological polar surface area (TPSA) is 76.0 Å². The minimum Gasteiger partial charge on any atom is -0.507 e. The normalized spacial score (nSPS) is 15.3. The smallest absolute Gasteiger partial charge is 0.175 e. The Kier molecular flexibility index (Phi) is 4.48. The monoisotopic (exact) mass is 383 g/mol. The van der Waals surface area contributed by atoms with E-state index in [9.17, 15) is 13.5 Å². The first-order valence-electron chi connectivity index (χ1n) is 8.29. The lowest BCUT2D eigenvalue weighted by molar-refractivity contribution is 0.105. The molecule has 0 spiro atoms. The highest BCUT2D eigenvalue weighted by Gasteiger charge is 2.35. The second-order valence-corrected chi connectivity index (χ2v) is 8.92. The average Bonchev–Trinajstić information content (AvgIpc) is 2.57. The van der Waals surface area contributed by atoms with Crippen LogP contribution in [0.5, 0.6) is 11.5 Å². The van der Waals surface area contributed by atoms with Crippen LogP contribution in [0.25, 0.3) is 16.8 Å². The van der Waals surface area contributed by atoms with Crippen LogP contribution in [-0.2, 0) is 15.4 Å². The van der Waals surface area contributed by atoms with Crippen molar-refractivity contribution in [2.24, 2.45) is 4.99 Å². The average molecular weight is 383 g/mol. The van der Waals surface area contributed by atoms with E-state index in [1.54, 1.807) is 42.5 Å². The maximum atomic E-state index is 12.0. The predicted octanol–water partition coefficient (Wildman–Crippen LogP) is 4.32. The number of aliphatic imine (C=N–C) groups is 1. The van der Waals surface area contributed by atoms with E-state index in [1.807, 2.05) is 13.8 Å². The minimum absolute atomic E-state index is 0.0245. The molecule has 0 aliphatic carbocycles. The largest absolute Gasteiger partial charge is 0.507 e.